The molecule has 0 aliphatic heterocycles. The Balaban J connectivity index is 2.16. The summed E-state index contributed by atoms with van der Waals surface area (Å²) in [6.07, 6.45) is 0. The van der Waals surface area contributed by atoms with Crippen LogP contribution in [0.3, 0.4) is 0 Å². The molecule has 0 saturated carbocycles. The monoisotopic (exact) mass is 251 g/mol. The Hall–Kier alpha value is -1.97. The number of hydrogen-bond donors (Lipinski definition) is 1. The van der Waals surface area contributed by atoms with Crippen LogP contribution in [-0.2, 0) is 6.54 Å². The second kappa shape index (κ2) is 5.12. The Kier molecular flexibility index (Phi) is 3.55. The zero-order valence-electron chi connectivity index (χ0n) is 9.81. The highest BCUT2D eigenvalue weighted by Gasteiger charge is 2.08. The first kappa shape index (κ1) is 12.5. The Morgan fingerprint density at radius 3 is 2.56 bits per heavy atom. The number of anilines is 1. The Bertz CT molecular complexity index is 565. The van der Waals surface area contributed by atoms with E-state index in [1.54, 1.807) is 12.1 Å². The molecule has 94 valence electrons. The summed E-state index contributed by atoms with van der Waals surface area (Å²) >= 11 is 0. The van der Waals surface area contributed by atoms with Gasteiger partial charge in [-0.15, -0.1) is 0 Å². The van der Waals surface area contributed by atoms with E-state index in [2.05, 4.69) is 5.32 Å². The minimum Gasteiger partial charge on any atom is -0.378 e. The maximum Gasteiger partial charge on any atom is 0.163 e. The van der Waals surface area contributed by atoms with Gasteiger partial charge in [-0.25, -0.2) is 13.2 Å². The van der Waals surface area contributed by atoms with Crippen LogP contribution < -0.4 is 5.32 Å². The van der Waals surface area contributed by atoms with Gasteiger partial charge in [0.15, 0.2) is 11.6 Å². The van der Waals surface area contributed by atoms with Crippen molar-refractivity contribution in [1.82, 2.24) is 0 Å². The molecule has 0 heterocycles. The highest BCUT2D eigenvalue weighted by atomic mass is 19.2. The van der Waals surface area contributed by atoms with Crippen molar-refractivity contribution in [1.29, 1.82) is 0 Å². The summed E-state index contributed by atoms with van der Waals surface area (Å²) in [6, 6.07) is 8.52. The topological polar surface area (TPSA) is 12.0 Å². The van der Waals surface area contributed by atoms with Crippen molar-refractivity contribution in [2.45, 2.75) is 13.5 Å². The molecule has 0 saturated heterocycles. The van der Waals surface area contributed by atoms with Crippen molar-refractivity contribution in [3.8, 4) is 0 Å². The van der Waals surface area contributed by atoms with E-state index >= 15 is 0 Å². The summed E-state index contributed by atoms with van der Waals surface area (Å²) in [7, 11) is 0. The van der Waals surface area contributed by atoms with Gasteiger partial charge in [0.2, 0.25) is 0 Å². The maximum atomic E-state index is 13.4. The van der Waals surface area contributed by atoms with Crippen molar-refractivity contribution in [2.75, 3.05) is 5.32 Å². The molecular formula is C14H12F3N. The van der Waals surface area contributed by atoms with Crippen molar-refractivity contribution >= 4 is 5.69 Å². The van der Waals surface area contributed by atoms with Gasteiger partial charge >= 0.3 is 0 Å². The molecule has 2 aromatic carbocycles. The van der Waals surface area contributed by atoms with E-state index in [9.17, 15) is 13.2 Å². The molecule has 0 atom stereocenters. The SMILES string of the molecule is Cc1ccc(F)c(NCc2cccc(F)c2F)c1. The molecule has 1 nitrogen and oxygen atoms in total. The third-order valence-corrected chi connectivity index (χ3v) is 2.62. The van der Waals surface area contributed by atoms with Crippen molar-refractivity contribution in [3.05, 3.63) is 65.0 Å². The molecular weight excluding hydrogens is 239 g/mol. The van der Waals surface area contributed by atoms with E-state index in [0.717, 1.165) is 11.6 Å². The third kappa shape index (κ3) is 2.64. The fraction of sp³-hybridized carbons (Fsp3) is 0.143. The first-order valence-corrected chi connectivity index (χ1v) is 5.51. The van der Waals surface area contributed by atoms with Crippen molar-refractivity contribution in [2.24, 2.45) is 0 Å². The van der Waals surface area contributed by atoms with E-state index in [-0.39, 0.29) is 17.8 Å². The minimum absolute atomic E-state index is 0.0317. The summed E-state index contributed by atoms with van der Waals surface area (Å²) in [5.74, 6) is -2.23. The van der Waals surface area contributed by atoms with Crippen LogP contribution in [0.1, 0.15) is 11.1 Å². The molecule has 0 spiro atoms. The summed E-state index contributed by atoms with van der Waals surface area (Å²) in [6.45, 7) is 1.86. The second-order valence-corrected chi connectivity index (χ2v) is 4.05. The van der Waals surface area contributed by atoms with Gasteiger partial charge in [0.05, 0.1) is 5.69 Å². The van der Waals surface area contributed by atoms with Crippen molar-refractivity contribution < 1.29 is 13.2 Å². The average molecular weight is 251 g/mol. The van der Waals surface area contributed by atoms with E-state index < -0.39 is 17.5 Å². The van der Waals surface area contributed by atoms with Crippen LogP contribution in [0.25, 0.3) is 0 Å². The van der Waals surface area contributed by atoms with Crippen LogP contribution >= 0.6 is 0 Å². The van der Waals surface area contributed by atoms with Gasteiger partial charge < -0.3 is 5.32 Å². The summed E-state index contributed by atoms with van der Waals surface area (Å²) < 4.78 is 39.8. The van der Waals surface area contributed by atoms with Gasteiger partial charge in [0.25, 0.3) is 0 Å². The highest BCUT2D eigenvalue weighted by molar-refractivity contribution is 5.47. The van der Waals surface area contributed by atoms with E-state index in [4.69, 9.17) is 0 Å². The molecule has 0 radical (unpaired) electrons. The summed E-state index contributed by atoms with van der Waals surface area (Å²) in [5, 5.41) is 2.76. The van der Waals surface area contributed by atoms with E-state index in [1.165, 1.54) is 18.2 Å². The Labute approximate surface area is 103 Å². The normalized spacial score (nSPS) is 10.4. The maximum absolute atomic E-state index is 13.4. The number of hydrogen-bond acceptors (Lipinski definition) is 1. The van der Waals surface area contributed by atoms with Crippen LogP contribution in [-0.4, -0.2) is 0 Å². The largest absolute Gasteiger partial charge is 0.378 e. The van der Waals surface area contributed by atoms with Crippen LogP contribution in [0.4, 0.5) is 18.9 Å². The van der Waals surface area contributed by atoms with Crippen molar-refractivity contribution in [3.63, 3.8) is 0 Å². The van der Waals surface area contributed by atoms with Gasteiger partial charge in [-0.3, -0.25) is 0 Å². The quantitative estimate of drug-likeness (QED) is 0.868. The molecule has 0 fully saturated rings. The van der Waals surface area contributed by atoms with Gasteiger partial charge in [0, 0.05) is 12.1 Å². The number of rotatable bonds is 3. The molecule has 0 aliphatic carbocycles. The molecule has 4 heteroatoms. The number of halogens is 3. The average Bonchev–Trinajstić information content (AvgIpc) is 2.35. The van der Waals surface area contributed by atoms with Crippen LogP contribution in [0.5, 0.6) is 0 Å². The summed E-state index contributed by atoms with van der Waals surface area (Å²) in [4.78, 5) is 0. The van der Waals surface area contributed by atoms with Crippen LogP contribution in [0, 0.1) is 24.4 Å². The van der Waals surface area contributed by atoms with Gasteiger partial charge in [-0.1, -0.05) is 18.2 Å². The van der Waals surface area contributed by atoms with E-state index in [0.29, 0.717) is 0 Å². The van der Waals surface area contributed by atoms with Crippen LogP contribution in [0.2, 0.25) is 0 Å². The molecule has 0 unspecified atom stereocenters. The fourth-order valence-electron chi connectivity index (χ4n) is 1.65. The molecule has 2 aromatic rings. The van der Waals surface area contributed by atoms with E-state index in [1.807, 2.05) is 6.92 Å². The molecule has 0 aliphatic rings. The lowest BCUT2D eigenvalue weighted by atomic mass is 10.2. The second-order valence-electron chi connectivity index (χ2n) is 4.05. The first-order chi connectivity index (χ1) is 8.58. The van der Waals surface area contributed by atoms with Gasteiger partial charge in [0.1, 0.15) is 5.82 Å². The molecule has 0 aromatic heterocycles. The molecule has 0 amide bonds. The predicted molar refractivity (Wildman–Crippen MR) is 64.8 cm³/mol. The van der Waals surface area contributed by atoms with Gasteiger partial charge in [-0.05, 0) is 30.7 Å². The lowest BCUT2D eigenvalue weighted by Crippen LogP contribution is -2.04. The van der Waals surface area contributed by atoms with Gasteiger partial charge in [-0.2, -0.15) is 0 Å². The highest BCUT2D eigenvalue weighted by Crippen LogP contribution is 2.18. The zero-order chi connectivity index (χ0) is 13.1. The number of aryl methyl sites for hydroxylation is 1. The molecule has 2 rings (SSSR count). The number of nitrogens with one attached hydrogen (secondary N) is 1. The lowest BCUT2D eigenvalue weighted by molar-refractivity contribution is 0.500. The predicted octanol–water partition coefficient (Wildman–Crippen LogP) is 4.02. The summed E-state index contributed by atoms with van der Waals surface area (Å²) in [5.41, 5.74) is 1.33. The van der Waals surface area contributed by atoms with Crippen LogP contribution in [0.15, 0.2) is 36.4 Å². The Morgan fingerprint density at radius 2 is 1.78 bits per heavy atom. The zero-order valence-corrected chi connectivity index (χ0v) is 9.81. The smallest absolute Gasteiger partial charge is 0.163 e. The Morgan fingerprint density at radius 1 is 1.00 bits per heavy atom. The fourth-order valence-corrected chi connectivity index (χ4v) is 1.65. The first-order valence-electron chi connectivity index (χ1n) is 5.51. The molecule has 18 heavy (non-hydrogen) atoms. The lowest BCUT2D eigenvalue weighted by Gasteiger charge is -2.09. The minimum atomic E-state index is -0.905. The third-order valence-electron chi connectivity index (χ3n) is 2.62. The molecule has 0 bridgehead atoms. The number of benzene rings is 2. The standard InChI is InChI=1S/C14H12F3N/c1-9-5-6-11(15)13(7-9)18-8-10-3-2-4-12(16)14(10)17/h2-7,18H,8H2,1H3. The molecule has 1 N–H and O–H groups in total.